The van der Waals surface area contributed by atoms with Crippen molar-refractivity contribution >= 4 is 51.2 Å². The molecule has 0 aromatic heterocycles. The zero-order valence-electron chi connectivity index (χ0n) is 10.4. The van der Waals surface area contributed by atoms with Gasteiger partial charge in [0.1, 0.15) is 10.6 Å². The summed E-state index contributed by atoms with van der Waals surface area (Å²) in [7, 11) is -4.70. The fraction of sp³-hybridized carbons (Fsp3) is 0. The molecule has 0 bridgehead atoms. The quantitative estimate of drug-likeness (QED) is 0.504. The molecule has 1 aliphatic carbocycles. The molecule has 0 saturated heterocycles. The molecule has 0 fully saturated rings. The van der Waals surface area contributed by atoms with E-state index in [1.54, 1.807) is 6.07 Å². The number of hydrogen-bond donors (Lipinski definition) is 2. The summed E-state index contributed by atoms with van der Waals surface area (Å²) in [6.07, 6.45) is 0. The van der Waals surface area contributed by atoms with Gasteiger partial charge in [-0.05, 0) is 12.1 Å². The van der Waals surface area contributed by atoms with Crippen LogP contribution < -0.4 is 0 Å². The molecule has 6 nitrogen and oxygen atoms in total. The van der Waals surface area contributed by atoms with E-state index >= 15 is 0 Å². The van der Waals surface area contributed by atoms with Gasteiger partial charge >= 0.3 is 29.6 Å². The van der Waals surface area contributed by atoms with E-state index in [-0.39, 0.29) is 40.7 Å². The van der Waals surface area contributed by atoms with Gasteiger partial charge < -0.3 is 5.11 Å². The van der Waals surface area contributed by atoms with Crippen LogP contribution in [0.15, 0.2) is 41.3 Å². The molecule has 0 radical (unpaired) electrons. The minimum atomic E-state index is -4.70. The van der Waals surface area contributed by atoms with Crippen molar-refractivity contribution in [1.82, 2.24) is 0 Å². The van der Waals surface area contributed by atoms with Crippen LogP contribution in [-0.4, -0.2) is 59.2 Å². The molecule has 2 aromatic rings. The van der Waals surface area contributed by atoms with Crippen LogP contribution in [0.1, 0.15) is 31.8 Å². The Morgan fingerprint density at radius 2 is 1.32 bits per heavy atom. The Morgan fingerprint density at radius 1 is 0.818 bits per heavy atom. The van der Waals surface area contributed by atoms with Crippen LogP contribution in [0.4, 0.5) is 0 Å². The molecule has 0 amide bonds. The Bertz CT molecular complexity index is 917. The normalized spacial score (nSPS) is 13.1. The van der Waals surface area contributed by atoms with Gasteiger partial charge in [0.2, 0.25) is 0 Å². The fourth-order valence-corrected chi connectivity index (χ4v) is 3.08. The SMILES string of the molecule is O=C1c2ccccc2C(=O)c2c(S(=O)(=O)O)ccc(O)c21.[NaH]. The molecule has 0 unspecified atom stereocenters. The van der Waals surface area contributed by atoms with Gasteiger partial charge in [-0.1, -0.05) is 24.3 Å². The number of rotatable bonds is 1. The number of carbonyl (C=O) groups excluding carboxylic acids is 2. The van der Waals surface area contributed by atoms with Gasteiger partial charge in [-0.25, -0.2) is 0 Å². The van der Waals surface area contributed by atoms with E-state index in [1.165, 1.54) is 18.2 Å². The molecule has 2 N–H and O–H groups in total. The summed E-state index contributed by atoms with van der Waals surface area (Å²) >= 11 is 0. The summed E-state index contributed by atoms with van der Waals surface area (Å²) < 4.78 is 32.0. The topological polar surface area (TPSA) is 109 Å². The van der Waals surface area contributed by atoms with E-state index in [4.69, 9.17) is 0 Å². The number of phenolic OH excluding ortho intramolecular Hbond substituents is 1. The zero-order valence-corrected chi connectivity index (χ0v) is 11.2. The molecule has 0 atom stereocenters. The van der Waals surface area contributed by atoms with Gasteiger partial charge in [0.05, 0.1) is 11.1 Å². The van der Waals surface area contributed by atoms with E-state index in [2.05, 4.69) is 0 Å². The average Bonchev–Trinajstić information content (AvgIpc) is 2.43. The summed E-state index contributed by atoms with van der Waals surface area (Å²) in [5.41, 5.74) is -0.793. The molecule has 0 aliphatic heterocycles. The van der Waals surface area contributed by atoms with Crippen molar-refractivity contribution in [2.75, 3.05) is 0 Å². The van der Waals surface area contributed by atoms with Crippen LogP contribution >= 0.6 is 0 Å². The molecule has 0 heterocycles. The van der Waals surface area contributed by atoms with Crippen molar-refractivity contribution in [2.24, 2.45) is 0 Å². The third-order valence-electron chi connectivity index (χ3n) is 3.29. The number of hydrogen-bond acceptors (Lipinski definition) is 5. The molecule has 108 valence electrons. The van der Waals surface area contributed by atoms with Crippen molar-refractivity contribution < 1.29 is 27.7 Å². The number of carbonyl (C=O) groups is 2. The van der Waals surface area contributed by atoms with Crippen LogP contribution in [0.2, 0.25) is 0 Å². The van der Waals surface area contributed by atoms with Gasteiger partial charge in [0, 0.05) is 11.1 Å². The number of fused-ring (bicyclic) bond motifs is 2. The second kappa shape index (κ2) is 5.60. The first kappa shape index (κ1) is 16.9. The maximum absolute atomic E-state index is 12.4. The molecule has 3 rings (SSSR count). The molecule has 0 saturated carbocycles. The van der Waals surface area contributed by atoms with E-state index in [0.29, 0.717) is 0 Å². The summed E-state index contributed by atoms with van der Waals surface area (Å²) in [6, 6.07) is 7.74. The van der Waals surface area contributed by atoms with Crippen LogP contribution in [-0.2, 0) is 10.1 Å². The van der Waals surface area contributed by atoms with Crippen LogP contribution in [0.3, 0.4) is 0 Å². The summed E-state index contributed by atoms with van der Waals surface area (Å²) in [5.74, 6) is -1.91. The second-order valence-corrected chi connectivity index (χ2v) is 5.90. The maximum atomic E-state index is 12.4. The molecule has 0 spiro atoms. The van der Waals surface area contributed by atoms with E-state index in [9.17, 15) is 27.7 Å². The first-order valence-electron chi connectivity index (χ1n) is 5.84. The third-order valence-corrected chi connectivity index (χ3v) is 4.19. The predicted molar refractivity (Wildman–Crippen MR) is 78.4 cm³/mol. The van der Waals surface area contributed by atoms with E-state index in [0.717, 1.165) is 12.1 Å². The van der Waals surface area contributed by atoms with Crippen molar-refractivity contribution in [3.05, 3.63) is 58.7 Å². The van der Waals surface area contributed by atoms with Crippen molar-refractivity contribution in [1.29, 1.82) is 0 Å². The van der Waals surface area contributed by atoms with Gasteiger partial charge in [-0.3, -0.25) is 14.1 Å². The van der Waals surface area contributed by atoms with Crippen LogP contribution in [0.5, 0.6) is 5.75 Å². The average molecular weight is 328 g/mol. The number of benzene rings is 2. The summed E-state index contributed by atoms with van der Waals surface area (Å²) in [4.78, 5) is 24.1. The van der Waals surface area contributed by atoms with E-state index < -0.39 is 43.5 Å². The van der Waals surface area contributed by atoms with Crippen molar-refractivity contribution in [3.63, 3.8) is 0 Å². The Morgan fingerprint density at radius 3 is 1.82 bits per heavy atom. The third kappa shape index (κ3) is 2.41. The first-order chi connectivity index (χ1) is 9.82. The fourth-order valence-electron chi connectivity index (χ4n) is 2.39. The van der Waals surface area contributed by atoms with Gasteiger partial charge in [-0.2, -0.15) is 8.42 Å². The van der Waals surface area contributed by atoms with Gasteiger partial charge in [0.15, 0.2) is 11.6 Å². The summed E-state index contributed by atoms with van der Waals surface area (Å²) in [6.45, 7) is 0. The Hall–Kier alpha value is -1.51. The summed E-state index contributed by atoms with van der Waals surface area (Å²) in [5, 5.41) is 9.81. The number of ketones is 2. The number of phenols is 1. The van der Waals surface area contributed by atoms with Crippen molar-refractivity contribution in [2.45, 2.75) is 4.90 Å². The molecule has 22 heavy (non-hydrogen) atoms. The minimum absolute atomic E-state index is 0. The standard InChI is InChI=1S/C14H8O6S.Na.H/c15-9-5-6-10(21(18,19)20)12-11(9)13(16)7-3-1-2-4-8(7)14(12)17;;/h1-6,15H,(H,18,19,20);;. The van der Waals surface area contributed by atoms with Crippen LogP contribution in [0, 0.1) is 0 Å². The first-order valence-corrected chi connectivity index (χ1v) is 7.28. The molecular weight excluding hydrogens is 319 g/mol. The van der Waals surface area contributed by atoms with Gasteiger partial charge in [0.25, 0.3) is 10.1 Å². The molecule has 8 heteroatoms. The molecule has 2 aromatic carbocycles. The Labute approximate surface area is 147 Å². The van der Waals surface area contributed by atoms with E-state index in [1.807, 2.05) is 0 Å². The monoisotopic (exact) mass is 328 g/mol. The van der Waals surface area contributed by atoms with Crippen LogP contribution in [0.25, 0.3) is 0 Å². The predicted octanol–water partition coefficient (Wildman–Crippen LogP) is 0.766. The Kier molecular flexibility index (Phi) is 4.29. The van der Waals surface area contributed by atoms with Gasteiger partial charge in [-0.15, -0.1) is 0 Å². The second-order valence-electron chi connectivity index (χ2n) is 4.51. The zero-order chi connectivity index (χ0) is 15.4. The van der Waals surface area contributed by atoms with Crippen molar-refractivity contribution in [3.8, 4) is 5.75 Å². The molecular formula is C14H9NaO6S. The molecule has 1 aliphatic rings. The number of aromatic hydroxyl groups is 1. The Balaban J connectivity index is 0.00000176.